The van der Waals surface area contributed by atoms with Gasteiger partial charge in [0.2, 0.25) is 0 Å². The van der Waals surface area contributed by atoms with Crippen LogP contribution in [0.4, 0.5) is 13.2 Å². The molecule has 19 heavy (non-hydrogen) atoms. The first-order valence-electron chi connectivity index (χ1n) is 6.10. The molecule has 3 N–H and O–H groups in total. The van der Waals surface area contributed by atoms with Gasteiger partial charge in [0, 0.05) is 5.02 Å². The fraction of sp³-hybridized carbons (Fsp3) is 0.538. The number of aliphatic hydroxyl groups excluding tert-OH is 1. The van der Waals surface area contributed by atoms with Gasteiger partial charge < -0.3 is 10.8 Å². The Hall–Kier alpha value is -0.780. The highest BCUT2D eigenvalue weighted by Crippen LogP contribution is 2.37. The van der Waals surface area contributed by atoms with Gasteiger partial charge >= 0.3 is 6.18 Å². The summed E-state index contributed by atoms with van der Waals surface area (Å²) >= 11 is 5.70. The van der Waals surface area contributed by atoms with Crippen LogP contribution in [0.5, 0.6) is 0 Å². The van der Waals surface area contributed by atoms with Crippen molar-refractivity contribution in [2.45, 2.75) is 37.6 Å². The third kappa shape index (κ3) is 3.22. The van der Waals surface area contributed by atoms with E-state index in [0.29, 0.717) is 0 Å². The van der Waals surface area contributed by atoms with Gasteiger partial charge in [-0.3, -0.25) is 0 Å². The lowest BCUT2D eigenvalue weighted by atomic mass is 9.77. The third-order valence-corrected chi connectivity index (χ3v) is 3.85. The van der Waals surface area contributed by atoms with E-state index in [0.717, 1.165) is 31.4 Å². The van der Waals surface area contributed by atoms with Gasteiger partial charge in [0.1, 0.15) is 0 Å². The standard InChI is InChI=1S/C13H15ClF3NO/c14-10-5-8(4-9(6-10)13(15,16)17)11(18)12(19)7-2-1-3-7/h4-7,11-12,19H,1-3,18H2/t11-,12+/m0/s1. The number of alkyl halides is 3. The molecule has 1 fully saturated rings. The van der Waals surface area contributed by atoms with Crippen LogP contribution >= 0.6 is 11.6 Å². The molecule has 2 nitrogen and oxygen atoms in total. The molecule has 1 aromatic rings. The van der Waals surface area contributed by atoms with E-state index in [9.17, 15) is 18.3 Å². The summed E-state index contributed by atoms with van der Waals surface area (Å²) in [5.74, 6) is 0.0725. The van der Waals surface area contributed by atoms with E-state index in [1.807, 2.05) is 0 Å². The molecule has 0 spiro atoms. The summed E-state index contributed by atoms with van der Waals surface area (Å²) in [5, 5.41) is 10.00. The molecule has 0 unspecified atom stereocenters. The minimum atomic E-state index is -4.47. The lowest BCUT2D eigenvalue weighted by Gasteiger charge is -2.34. The average molecular weight is 294 g/mol. The SMILES string of the molecule is N[C@@H](c1cc(Cl)cc(C(F)(F)F)c1)[C@H](O)C1CCC1. The van der Waals surface area contributed by atoms with Crippen LogP contribution in [0.2, 0.25) is 5.02 Å². The number of hydrogen-bond donors (Lipinski definition) is 2. The van der Waals surface area contributed by atoms with E-state index in [2.05, 4.69) is 0 Å². The predicted octanol–water partition coefficient (Wildman–Crippen LogP) is 3.52. The molecule has 2 rings (SSSR count). The number of benzene rings is 1. The van der Waals surface area contributed by atoms with Gasteiger partial charge in [-0.05, 0) is 42.5 Å². The van der Waals surface area contributed by atoms with Gasteiger partial charge in [-0.2, -0.15) is 13.2 Å². The minimum Gasteiger partial charge on any atom is -0.391 e. The molecule has 0 aromatic heterocycles. The Bertz CT molecular complexity index is 460. The van der Waals surface area contributed by atoms with Crippen LogP contribution in [0.1, 0.15) is 36.4 Å². The number of rotatable bonds is 3. The summed E-state index contributed by atoms with van der Waals surface area (Å²) < 4.78 is 38.1. The molecular weight excluding hydrogens is 279 g/mol. The van der Waals surface area contributed by atoms with Gasteiger partial charge in [0.25, 0.3) is 0 Å². The molecule has 1 saturated carbocycles. The van der Waals surface area contributed by atoms with Crippen LogP contribution in [0.15, 0.2) is 18.2 Å². The minimum absolute atomic E-state index is 0.0268. The Morgan fingerprint density at radius 2 is 1.89 bits per heavy atom. The third-order valence-electron chi connectivity index (χ3n) is 3.63. The molecule has 0 aliphatic heterocycles. The van der Waals surface area contributed by atoms with Crippen molar-refractivity contribution in [3.05, 3.63) is 34.3 Å². The fourth-order valence-corrected chi connectivity index (χ4v) is 2.48. The second-order valence-electron chi connectivity index (χ2n) is 4.98. The first-order chi connectivity index (χ1) is 8.79. The summed E-state index contributed by atoms with van der Waals surface area (Å²) in [6, 6.07) is 2.35. The Morgan fingerprint density at radius 1 is 1.26 bits per heavy atom. The molecule has 2 atom stereocenters. The lowest BCUT2D eigenvalue weighted by Crippen LogP contribution is -2.36. The number of halogens is 4. The Morgan fingerprint density at radius 3 is 2.37 bits per heavy atom. The second kappa shape index (κ2) is 5.31. The van der Waals surface area contributed by atoms with E-state index >= 15 is 0 Å². The molecule has 0 saturated heterocycles. The van der Waals surface area contributed by atoms with Crippen LogP contribution in [-0.4, -0.2) is 11.2 Å². The van der Waals surface area contributed by atoms with Crippen molar-refractivity contribution >= 4 is 11.6 Å². The summed E-state index contributed by atoms with van der Waals surface area (Å²) in [7, 11) is 0. The van der Waals surface area contributed by atoms with Gasteiger partial charge in [-0.25, -0.2) is 0 Å². The molecule has 1 aliphatic rings. The lowest BCUT2D eigenvalue weighted by molar-refractivity contribution is -0.137. The zero-order valence-corrected chi connectivity index (χ0v) is 10.9. The van der Waals surface area contributed by atoms with Gasteiger partial charge in [-0.15, -0.1) is 0 Å². The summed E-state index contributed by atoms with van der Waals surface area (Å²) in [6.07, 6.45) is -2.55. The van der Waals surface area contributed by atoms with Crippen LogP contribution in [0.25, 0.3) is 0 Å². The highest BCUT2D eigenvalue weighted by molar-refractivity contribution is 6.30. The van der Waals surface area contributed by atoms with E-state index < -0.39 is 23.9 Å². The van der Waals surface area contributed by atoms with Gasteiger partial charge in [0.15, 0.2) is 0 Å². The van der Waals surface area contributed by atoms with Crippen LogP contribution in [0.3, 0.4) is 0 Å². The molecule has 0 amide bonds. The molecule has 1 aliphatic carbocycles. The van der Waals surface area contributed by atoms with Crippen LogP contribution in [0, 0.1) is 5.92 Å². The van der Waals surface area contributed by atoms with E-state index in [1.165, 1.54) is 6.07 Å². The normalized spacial score (nSPS) is 19.9. The van der Waals surface area contributed by atoms with Crippen molar-refractivity contribution in [1.29, 1.82) is 0 Å². The largest absolute Gasteiger partial charge is 0.416 e. The quantitative estimate of drug-likeness (QED) is 0.896. The van der Waals surface area contributed by atoms with Crippen molar-refractivity contribution in [3.63, 3.8) is 0 Å². The van der Waals surface area contributed by atoms with Gasteiger partial charge in [-0.1, -0.05) is 18.0 Å². The smallest absolute Gasteiger partial charge is 0.391 e. The molecule has 1 aromatic carbocycles. The number of nitrogens with two attached hydrogens (primary N) is 1. The first kappa shape index (κ1) is 14.6. The highest BCUT2D eigenvalue weighted by Gasteiger charge is 2.34. The second-order valence-corrected chi connectivity index (χ2v) is 5.41. The van der Waals surface area contributed by atoms with Crippen molar-refractivity contribution in [2.24, 2.45) is 11.7 Å². The predicted molar refractivity (Wildman–Crippen MR) is 66.7 cm³/mol. The maximum absolute atomic E-state index is 12.7. The average Bonchev–Trinajstić information content (AvgIpc) is 2.23. The molecule has 0 bridgehead atoms. The van der Waals surface area contributed by atoms with Crippen molar-refractivity contribution in [3.8, 4) is 0 Å². The van der Waals surface area contributed by atoms with Crippen molar-refractivity contribution in [2.75, 3.05) is 0 Å². The Labute approximate surface area is 114 Å². The molecule has 6 heteroatoms. The topological polar surface area (TPSA) is 46.2 Å². The maximum atomic E-state index is 12.7. The van der Waals surface area contributed by atoms with Crippen molar-refractivity contribution in [1.82, 2.24) is 0 Å². The summed E-state index contributed by atoms with van der Waals surface area (Å²) in [4.78, 5) is 0. The maximum Gasteiger partial charge on any atom is 0.416 e. The van der Waals surface area contributed by atoms with E-state index in [4.69, 9.17) is 17.3 Å². The zero-order valence-electron chi connectivity index (χ0n) is 10.1. The van der Waals surface area contributed by atoms with Crippen molar-refractivity contribution < 1.29 is 18.3 Å². The number of aliphatic hydroxyl groups is 1. The fourth-order valence-electron chi connectivity index (χ4n) is 2.24. The van der Waals surface area contributed by atoms with Crippen LogP contribution in [-0.2, 0) is 6.18 Å². The number of hydrogen-bond acceptors (Lipinski definition) is 2. The molecule has 0 heterocycles. The Kier molecular flexibility index (Phi) is 4.08. The van der Waals surface area contributed by atoms with E-state index in [1.54, 1.807) is 0 Å². The monoisotopic (exact) mass is 293 g/mol. The molecular formula is C13H15ClF3NO. The zero-order chi connectivity index (χ0) is 14.2. The Balaban J connectivity index is 2.25. The molecule has 106 valence electrons. The molecule has 0 radical (unpaired) electrons. The first-order valence-corrected chi connectivity index (χ1v) is 6.48. The van der Waals surface area contributed by atoms with Gasteiger partial charge in [0.05, 0.1) is 17.7 Å². The summed E-state index contributed by atoms with van der Waals surface area (Å²) in [6.45, 7) is 0. The summed E-state index contributed by atoms with van der Waals surface area (Å²) in [5.41, 5.74) is 5.23. The highest BCUT2D eigenvalue weighted by atomic mass is 35.5. The van der Waals surface area contributed by atoms with E-state index in [-0.39, 0.29) is 16.5 Å². The van der Waals surface area contributed by atoms with Crippen LogP contribution < -0.4 is 5.73 Å².